The predicted octanol–water partition coefficient (Wildman–Crippen LogP) is 1.72. The third-order valence-electron chi connectivity index (χ3n) is 6.20. The highest BCUT2D eigenvalue weighted by atomic mass is 16.5. The number of carbonyl (C=O) groups excluding carboxylic acids is 2. The third-order valence-corrected chi connectivity index (χ3v) is 6.20. The molecular weight excluding hydrogens is 372 g/mol. The number of methoxy groups -OCH3 is 2. The topological polar surface area (TPSA) is 97.1 Å². The average Bonchev–Trinajstić information content (AvgIpc) is 2.77. The van der Waals surface area contributed by atoms with Crippen LogP contribution in [0.25, 0.3) is 0 Å². The number of amides is 3. The number of piperazine rings is 1. The highest BCUT2D eigenvalue weighted by molar-refractivity contribution is 5.85. The second-order valence-corrected chi connectivity index (χ2v) is 7.78. The van der Waals surface area contributed by atoms with E-state index in [4.69, 9.17) is 15.2 Å². The molecule has 0 aromatic heterocycles. The fraction of sp³-hybridized carbons (Fsp3) is 0.619. The Morgan fingerprint density at radius 3 is 2.28 bits per heavy atom. The Kier molecular flexibility index (Phi) is 6.84. The number of primary amides is 1. The number of carbonyl (C=O) groups is 2. The number of nitrogens with two attached hydrogens (primary N) is 1. The van der Waals surface area contributed by atoms with Crippen LogP contribution in [0.15, 0.2) is 18.2 Å². The largest absolute Gasteiger partial charge is 0.493 e. The number of nitrogens with one attached hydrogen (secondary N) is 1. The molecule has 0 bridgehead atoms. The summed E-state index contributed by atoms with van der Waals surface area (Å²) in [6, 6.07) is 5.49. The lowest BCUT2D eigenvalue weighted by Crippen LogP contribution is -2.64. The van der Waals surface area contributed by atoms with Crippen LogP contribution in [0.1, 0.15) is 37.7 Å². The van der Waals surface area contributed by atoms with Crippen molar-refractivity contribution in [2.24, 2.45) is 5.73 Å². The van der Waals surface area contributed by atoms with Crippen LogP contribution in [0, 0.1) is 0 Å². The molecule has 2 aliphatic rings. The van der Waals surface area contributed by atoms with E-state index in [-0.39, 0.29) is 11.9 Å². The molecule has 1 saturated heterocycles. The molecule has 3 N–H and O–H groups in total. The SMILES string of the molecule is COc1ccc(CNC(=O)N2CCN(C3(C(N)=O)CCCCC3)CC2)cc1OC. The lowest BCUT2D eigenvalue weighted by Gasteiger charge is -2.47. The van der Waals surface area contributed by atoms with Gasteiger partial charge in [-0.3, -0.25) is 9.69 Å². The normalized spacial score (nSPS) is 19.4. The number of urea groups is 1. The maximum Gasteiger partial charge on any atom is 0.317 e. The van der Waals surface area contributed by atoms with Crippen LogP contribution in [0.3, 0.4) is 0 Å². The van der Waals surface area contributed by atoms with Crippen molar-refractivity contribution in [3.05, 3.63) is 23.8 Å². The molecule has 1 aromatic carbocycles. The molecule has 0 unspecified atom stereocenters. The van der Waals surface area contributed by atoms with Gasteiger partial charge in [-0.1, -0.05) is 25.3 Å². The Labute approximate surface area is 172 Å². The number of hydrogen-bond acceptors (Lipinski definition) is 5. The lowest BCUT2D eigenvalue weighted by atomic mass is 9.79. The van der Waals surface area contributed by atoms with Crippen molar-refractivity contribution in [2.75, 3.05) is 40.4 Å². The molecule has 1 aromatic rings. The highest BCUT2D eigenvalue weighted by Crippen LogP contribution is 2.34. The van der Waals surface area contributed by atoms with Gasteiger partial charge in [0.05, 0.1) is 14.2 Å². The van der Waals surface area contributed by atoms with Crippen LogP contribution in [0.2, 0.25) is 0 Å². The van der Waals surface area contributed by atoms with Crippen LogP contribution in [-0.2, 0) is 11.3 Å². The summed E-state index contributed by atoms with van der Waals surface area (Å²) >= 11 is 0. The lowest BCUT2D eigenvalue weighted by molar-refractivity contribution is -0.134. The van der Waals surface area contributed by atoms with E-state index < -0.39 is 5.54 Å². The number of benzene rings is 1. The first-order chi connectivity index (χ1) is 14.0. The number of rotatable bonds is 6. The van der Waals surface area contributed by atoms with E-state index in [1.54, 1.807) is 19.1 Å². The van der Waals surface area contributed by atoms with E-state index in [1.165, 1.54) is 0 Å². The summed E-state index contributed by atoms with van der Waals surface area (Å²) in [5.41, 5.74) is 6.20. The highest BCUT2D eigenvalue weighted by Gasteiger charge is 2.44. The third kappa shape index (κ3) is 4.58. The molecule has 160 valence electrons. The Morgan fingerprint density at radius 2 is 1.69 bits per heavy atom. The molecule has 8 heteroatoms. The van der Waals surface area contributed by atoms with Crippen molar-refractivity contribution in [3.8, 4) is 11.5 Å². The van der Waals surface area contributed by atoms with Gasteiger partial charge in [-0.2, -0.15) is 0 Å². The standard InChI is InChI=1S/C21H32N4O4/c1-28-17-7-6-16(14-18(17)29-2)15-23-20(27)24-10-12-25(13-11-24)21(19(22)26)8-4-3-5-9-21/h6-7,14H,3-5,8-13,15H2,1-2H3,(H2,22,26)(H,23,27). The maximum absolute atomic E-state index is 12.6. The van der Waals surface area contributed by atoms with E-state index in [1.807, 2.05) is 18.2 Å². The zero-order chi connectivity index (χ0) is 20.9. The van der Waals surface area contributed by atoms with Crippen LogP contribution >= 0.6 is 0 Å². The molecule has 0 atom stereocenters. The van der Waals surface area contributed by atoms with Crippen molar-refractivity contribution >= 4 is 11.9 Å². The molecule has 0 spiro atoms. The fourth-order valence-corrected chi connectivity index (χ4v) is 4.47. The molecule has 1 aliphatic carbocycles. The zero-order valence-electron chi connectivity index (χ0n) is 17.4. The van der Waals surface area contributed by atoms with Gasteiger partial charge >= 0.3 is 6.03 Å². The van der Waals surface area contributed by atoms with Crippen LogP contribution in [0.5, 0.6) is 11.5 Å². The van der Waals surface area contributed by atoms with Gasteiger partial charge < -0.3 is 25.4 Å². The van der Waals surface area contributed by atoms with Crippen molar-refractivity contribution in [1.82, 2.24) is 15.1 Å². The molecular formula is C21H32N4O4. The Hall–Kier alpha value is -2.48. The maximum atomic E-state index is 12.6. The Balaban J connectivity index is 1.53. The molecule has 1 aliphatic heterocycles. The summed E-state index contributed by atoms with van der Waals surface area (Å²) in [4.78, 5) is 28.8. The van der Waals surface area contributed by atoms with Gasteiger partial charge in [0.15, 0.2) is 11.5 Å². The summed E-state index contributed by atoms with van der Waals surface area (Å²) in [7, 11) is 3.18. The molecule has 3 rings (SSSR count). The predicted molar refractivity (Wildman–Crippen MR) is 110 cm³/mol. The second kappa shape index (κ2) is 9.35. The molecule has 29 heavy (non-hydrogen) atoms. The minimum Gasteiger partial charge on any atom is -0.493 e. The van der Waals surface area contributed by atoms with E-state index in [0.29, 0.717) is 44.2 Å². The van der Waals surface area contributed by atoms with Crippen LogP contribution in [0.4, 0.5) is 4.79 Å². The molecule has 1 saturated carbocycles. The van der Waals surface area contributed by atoms with Crippen LogP contribution < -0.4 is 20.5 Å². The van der Waals surface area contributed by atoms with Crippen molar-refractivity contribution in [1.29, 1.82) is 0 Å². The van der Waals surface area contributed by atoms with Crippen molar-refractivity contribution < 1.29 is 19.1 Å². The minimum absolute atomic E-state index is 0.101. The number of hydrogen-bond donors (Lipinski definition) is 2. The molecule has 2 fully saturated rings. The van der Waals surface area contributed by atoms with Crippen molar-refractivity contribution in [3.63, 3.8) is 0 Å². The summed E-state index contributed by atoms with van der Waals surface area (Å²) in [5.74, 6) is 1.07. The fourth-order valence-electron chi connectivity index (χ4n) is 4.47. The van der Waals surface area contributed by atoms with E-state index in [9.17, 15) is 9.59 Å². The second-order valence-electron chi connectivity index (χ2n) is 7.78. The summed E-state index contributed by atoms with van der Waals surface area (Å²) in [6.07, 6.45) is 4.89. The van der Waals surface area contributed by atoms with Gasteiger partial charge in [0.2, 0.25) is 5.91 Å². The summed E-state index contributed by atoms with van der Waals surface area (Å²) in [6.45, 7) is 2.93. The van der Waals surface area contributed by atoms with Gasteiger partial charge in [0.1, 0.15) is 5.54 Å². The number of nitrogens with zero attached hydrogens (tertiary/aromatic N) is 2. The smallest absolute Gasteiger partial charge is 0.317 e. The van der Waals surface area contributed by atoms with Crippen LogP contribution in [-0.4, -0.2) is 67.7 Å². The van der Waals surface area contributed by atoms with Crippen molar-refractivity contribution in [2.45, 2.75) is 44.2 Å². The molecule has 1 heterocycles. The molecule has 3 amide bonds. The van der Waals surface area contributed by atoms with E-state index in [0.717, 1.165) is 37.7 Å². The first-order valence-corrected chi connectivity index (χ1v) is 10.3. The van der Waals surface area contributed by atoms with Gasteiger partial charge in [0, 0.05) is 32.7 Å². The monoisotopic (exact) mass is 404 g/mol. The first kappa shape index (κ1) is 21.2. The van der Waals surface area contributed by atoms with Gasteiger partial charge in [-0.25, -0.2) is 4.79 Å². The molecule has 8 nitrogen and oxygen atoms in total. The van der Waals surface area contributed by atoms with Gasteiger partial charge in [0.25, 0.3) is 0 Å². The molecule has 0 radical (unpaired) electrons. The first-order valence-electron chi connectivity index (χ1n) is 10.3. The summed E-state index contributed by atoms with van der Waals surface area (Å²) in [5, 5.41) is 2.96. The zero-order valence-corrected chi connectivity index (χ0v) is 17.4. The van der Waals surface area contributed by atoms with E-state index >= 15 is 0 Å². The average molecular weight is 405 g/mol. The summed E-state index contributed by atoms with van der Waals surface area (Å²) < 4.78 is 10.5. The van der Waals surface area contributed by atoms with Gasteiger partial charge in [-0.15, -0.1) is 0 Å². The van der Waals surface area contributed by atoms with E-state index in [2.05, 4.69) is 10.2 Å². The number of ether oxygens (including phenoxy) is 2. The Morgan fingerprint density at radius 1 is 1.03 bits per heavy atom. The minimum atomic E-state index is -0.527. The quantitative estimate of drug-likeness (QED) is 0.752. The van der Waals surface area contributed by atoms with Gasteiger partial charge in [-0.05, 0) is 30.5 Å². The Bertz CT molecular complexity index is 725.